The molecule has 1 saturated carbocycles. The van der Waals surface area contributed by atoms with E-state index < -0.39 is 6.10 Å². The van der Waals surface area contributed by atoms with Crippen molar-refractivity contribution in [2.24, 2.45) is 0 Å². The summed E-state index contributed by atoms with van der Waals surface area (Å²) in [4.78, 5) is 12.9. The fourth-order valence-corrected chi connectivity index (χ4v) is 2.93. The Morgan fingerprint density at radius 2 is 1.92 bits per heavy atom. The van der Waals surface area contributed by atoms with Crippen LogP contribution in [0, 0.1) is 21.4 Å². The van der Waals surface area contributed by atoms with Gasteiger partial charge in [-0.05, 0) is 30.5 Å². The summed E-state index contributed by atoms with van der Waals surface area (Å²) in [5.74, 6) is 0. The first kappa shape index (κ1) is 17.1. The van der Waals surface area contributed by atoms with E-state index in [1.54, 1.807) is 42.5 Å². The van der Waals surface area contributed by atoms with Crippen molar-refractivity contribution in [1.29, 1.82) is 5.26 Å². The van der Waals surface area contributed by atoms with Gasteiger partial charge < -0.3 is 5.11 Å². The van der Waals surface area contributed by atoms with Crippen molar-refractivity contribution >= 4 is 5.69 Å². The Bertz CT molecular complexity index is 794. The second-order valence-corrected chi connectivity index (χ2v) is 6.30. The Hall–Kier alpha value is -2.75. The van der Waals surface area contributed by atoms with E-state index in [0.29, 0.717) is 30.3 Å². The van der Waals surface area contributed by atoms with Crippen LogP contribution in [-0.4, -0.2) is 27.5 Å². The van der Waals surface area contributed by atoms with Gasteiger partial charge in [-0.2, -0.15) is 5.26 Å². The van der Waals surface area contributed by atoms with E-state index in [0.717, 1.165) is 18.4 Å². The molecule has 6 heteroatoms. The molecule has 1 aliphatic carbocycles. The normalized spacial score (nSPS) is 14.9. The number of hydrogen-bond acceptors (Lipinski definition) is 5. The maximum absolute atomic E-state index is 11.2. The summed E-state index contributed by atoms with van der Waals surface area (Å²) < 4.78 is 0. The molecule has 0 heterocycles. The molecular weight excluding hydrogens is 318 g/mol. The van der Waals surface area contributed by atoms with Crippen LogP contribution in [0.5, 0.6) is 0 Å². The topological polar surface area (TPSA) is 90.4 Å². The molecule has 0 aliphatic heterocycles. The monoisotopic (exact) mass is 337 g/mol. The molecule has 1 fully saturated rings. The lowest BCUT2D eigenvalue weighted by Gasteiger charge is -2.25. The summed E-state index contributed by atoms with van der Waals surface area (Å²) in [6, 6.07) is 16.0. The molecule has 1 unspecified atom stereocenters. The van der Waals surface area contributed by atoms with Crippen molar-refractivity contribution in [3.8, 4) is 6.07 Å². The predicted molar refractivity (Wildman–Crippen MR) is 92.6 cm³/mol. The summed E-state index contributed by atoms with van der Waals surface area (Å²) >= 11 is 0. The van der Waals surface area contributed by atoms with Crippen LogP contribution in [0.4, 0.5) is 5.69 Å². The van der Waals surface area contributed by atoms with E-state index in [2.05, 4.69) is 11.0 Å². The molecule has 3 rings (SSSR count). The van der Waals surface area contributed by atoms with E-state index in [1.165, 1.54) is 6.07 Å². The van der Waals surface area contributed by atoms with E-state index in [1.807, 2.05) is 0 Å². The second kappa shape index (κ2) is 7.43. The van der Waals surface area contributed by atoms with Gasteiger partial charge in [-0.1, -0.05) is 30.3 Å². The van der Waals surface area contributed by atoms with Crippen LogP contribution in [0.3, 0.4) is 0 Å². The van der Waals surface area contributed by atoms with E-state index in [-0.39, 0.29) is 10.6 Å². The first-order chi connectivity index (χ1) is 12.1. The van der Waals surface area contributed by atoms with Gasteiger partial charge in [0.1, 0.15) is 0 Å². The molecular formula is C19H19N3O3. The van der Waals surface area contributed by atoms with Gasteiger partial charge in [0.05, 0.1) is 22.7 Å². The zero-order valence-electron chi connectivity index (χ0n) is 13.7. The molecule has 2 aromatic rings. The molecule has 2 aromatic carbocycles. The number of benzene rings is 2. The third-order valence-electron chi connectivity index (χ3n) is 4.46. The number of nitrogens with zero attached hydrogens (tertiary/aromatic N) is 3. The molecule has 0 spiro atoms. The Labute approximate surface area is 146 Å². The van der Waals surface area contributed by atoms with Crippen molar-refractivity contribution in [2.75, 3.05) is 6.54 Å². The zero-order chi connectivity index (χ0) is 17.8. The minimum Gasteiger partial charge on any atom is -0.387 e. The SMILES string of the molecule is N#Cc1ccc(C(O)CN(Cc2ccccc2[N+](=O)[O-])C2CC2)cc1. The summed E-state index contributed by atoms with van der Waals surface area (Å²) in [6.45, 7) is 0.845. The smallest absolute Gasteiger partial charge is 0.273 e. The highest BCUT2D eigenvalue weighted by Gasteiger charge is 2.31. The number of aliphatic hydroxyl groups excluding tert-OH is 1. The number of nitro benzene ring substituents is 1. The van der Waals surface area contributed by atoms with E-state index in [9.17, 15) is 15.2 Å². The number of hydrogen-bond donors (Lipinski definition) is 1. The standard InChI is InChI=1S/C19H19N3O3/c20-11-14-5-7-15(8-6-14)19(23)13-21(17-9-10-17)12-16-3-1-2-4-18(16)22(24)25/h1-8,17,19,23H,9-10,12-13H2. The lowest BCUT2D eigenvalue weighted by Crippen LogP contribution is -2.30. The van der Waals surface area contributed by atoms with Crippen LogP contribution in [0.1, 0.15) is 35.6 Å². The molecule has 6 nitrogen and oxygen atoms in total. The van der Waals surface area contributed by atoms with Crippen LogP contribution in [0.15, 0.2) is 48.5 Å². The largest absolute Gasteiger partial charge is 0.387 e. The number of nitriles is 1. The minimum absolute atomic E-state index is 0.112. The first-order valence-electron chi connectivity index (χ1n) is 8.23. The van der Waals surface area contributed by atoms with Gasteiger partial charge in [0, 0.05) is 30.8 Å². The van der Waals surface area contributed by atoms with Gasteiger partial charge in [0.25, 0.3) is 5.69 Å². The van der Waals surface area contributed by atoms with Crippen molar-refractivity contribution in [3.63, 3.8) is 0 Å². The molecule has 0 aromatic heterocycles. The zero-order valence-corrected chi connectivity index (χ0v) is 13.7. The molecule has 128 valence electrons. The molecule has 1 atom stereocenters. The van der Waals surface area contributed by atoms with Crippen molar-refractivity contribution in [3.05, 3.63) is 75.3 Å². The maximum atomic E-state index is 11.2. The second-order valence-electron chi connectivity index (χ2n) is 6.30. The third-order valence-corrected chi connectivity index (χ3v) is 4.46. The van der Waals surface area contributed by atoms with E-state index in [4.69, 9.17) is 5.26 Å². The number of rotatable bonds is 7. The Balaban J connectivity index is 1.74. The van der Waals surface area contributed by atoms with Gasteiger partial charge in [0.2, 0.25) is 0 Å². The third kappa shape index (κ3) is 4.21. The molecule has 0 bridgehead atoms. The molecule has 0 radical (unpaired) electrons. The fraction of sp³-hybridized carbons (Fsp3) is 0.316. The van der Waals surface area contributed by atoms with Crippen LogP contribution in [0.2, 0.25) is 0 Å². The summed E-state index contributed by atoms with van der Waals surface area (Å²) in [7, 11) is 0. The lowest BCUT2D eigenvalue weighted by atomic mass is 10.1. The number of para-hydroxylation sites is 1. The van der Waals surface area contributed by atoms with Crippen LogP contribution < -0.4 is 0 Å². The van der Waals surface area contributed by atoms with Crippen LogP contribution >= 0.6 is 0 Å². The predicted octanol–water partition coefficient (Wildman–Crippen LogP) is 3.16. The van der Waals surface area contributed by atoms with Gasteiger partial charge in [-0.15, -0.1) is 0 Å². The molecule has 25 heavy (non-hydrogen) atoms. The summed E-state index contributed by atoms with van der Waals surface area (Å²) in [5, 5.41) is 30.6. The van der Waals surface area contributed by atoms with Gasteiger partial charge in [0.15, 0.2) is 0 Å². The minimum atomic E-state index is -0.698. The number of aliphatic hydroxyl groups is 1. The fourth-order valence-electron chi connectivity index (χ4n) is 2.93. The van der Waals surface area contributed by atoms with Crippen LogP contribution in [0.25, 0.3) is 0 Å². The highest BCUT2D eigenvalue weighted by molar-refractivity contribution is 5.40. The van der Waals surface area contributed by atoms with Gasteiger partial charge in [-0.25, -0.2) is 0 Å². The maximum Gasteiger partial charge on any atom is 0.273 e. The highest BCUT2D eigenvalue weighted by atomic mass is 16.6. The van der Waals surface area contributed by atoms with Crippen molar-refractivity contribution in [1.82, 2.24) is 4.90 Å². The van der Waals surface area contributed by atoms with Gasteiger partial charge in [-0.3, -0.25) is 15.0 Å². The molecule has 0 amide bonds. The van der Waals surface area contributed by atoms with Crippen molar-refractivity contribution < 1.29 is 10.0 Å². The van der Waals surface area contributed by atoms with Gasteiger partial charge >= 0.3 is 0 Å². The average molecular weight is 337 g/mol. The quantitative estimate of drug-likeness (QED) is 0.619. The molecule has 1 N–H and O–H groups in total. The molecule has 1 aliphatic rings. The number of nitro groups is 1. The van der Waals surface area contributed by atoms with Crippen LogP contribution in [-0.2, 0) is 6.54 Å². The van der Waals surface area contributed by atoms with Crippen molar-refractivity contribution in [2.45, 2.75) is 31.5 Å². The Kier molecular flexibility index (Phi) is 5.08. The highest BCUT2D eigenvalue weighted by Crippen LogP contribution is 2.32. The summed E-state index contributed by atoms with van der Waals surface area (Å²) in [5.41, 5.74) is 2.06. The Morgan fingerprint density at radius 3 is 2.52 bits per heavy atom. The first-order valence-corrected chi connectivity index (χ1v) is 8.23. The average Bonchev–Trinajstić information content (AvgIpc) is 3.46. The Morgan fingerprint density at radius 1 is 1.24 bits per heavy atom. The van der Waals surface area contributed by atoms with E-state index >= 15 is 0 Å². The molecule has 0 saturated heterocycles. The summed E-state index contributed by atoms with van der Waals surface area (Å²) in [6.07, 6.45) is 1.39. The lowest BCUT2D eigenvalue weighted by molar-refractivity contribution is -0.385.